The minimum absolute atomic E-state index is 0.0853. The number of anilines is 1. The Labute approximate surface area is 94.5 Å². The lowest BCUT2D eigenvalue weighted by Crippen LogP contribution is -2.05. The average molecular weight is 217 g/mol. The largest absolute Gasteiger partial charge is 0.392 e. The van der Waals surface area contributed by atoms with Crippen LogP contribution in [0.2, 0.25) is 0 Å². The maximum atomic E-state index is 8.91. The van der Waals surface area contributed by atoms with E-state index in [-0.39, 0.29) is 6.61 Å². The lowest BCUT2D eigenvalue weighted by Gasteiger charge is -2.07. The first-order chi connectivity index (χ1) is 7.79. The van der Waals surface area contributed by atoms with E-state index in [1.807, 2.05) is 42.1 Å². The van der Waals surface area contributed by atoms with Gasteiger partial charge in [-0.1, -0.05) is 12.1 Å². The van der Waals surface area contributed by atoms with Gasteiger partial charge >= 0.3 is 0 Å². The summed E-state index contributed by atoms with van der Waals surface area (Å²) in [5.74, 6) is 0. The number of hydrogen-bond acceptors (Lipinski definition) is 3. The maximum absolute atomic E-state index is 8.91. The number of aliphatic hydroxyl groups excluding tert-OH is 1. The van der Waals surface area contributed by atoms with Crippen LogP contribution in [0.5, 0.6) is 0 Å². The second-order valence-electron chi connectivity index (χ2n) is 3.65. The molecule has 84 valence electrons. The van der Waals surface area contributed by atoms with Gasteiger partial charge in [0, 0.05) is 18.9 Å². The van der Waals surface area contributed by atoms with Crippen molar-refractivity contribution in [2.45, 2.75) is 13.2 Å². The lowest BCUT2D eigenvalue weighted by atomic mass is 10.2. The van der Waals surface area contributed by atoms with Crippen LogP contribution in [0.3, 0.4) is 0 Å². The fourth-order valence-electron chi connectivity index (χ4n) is 1.50. The quantitative estimate of drug-likeness (QED) is 0.816. The summed E-state index contributed by atoms with van der Waals surface area (Å²) < 4.78 is 1.84. The number of aliphatic hydroxyl groups is 1. The minimum Gasteiger partial charge on any atom is -0.392 e. The van der Waals surface area contributed by atoms with Crippen molar-refractivity contribution in [1.82, 2.24) is 9.78 Å². The van der Waals surface area contributed by atoms with E-state index in [0.29, 0.717) is 0 Å². The molecule has 1 aromatic carbocycles. The van der Waals surface area contributed by atoms with E-state index in [4.69, 9.17) is 5.11 Å². The molecule has 0 atom stereocenters. The van der Waals surface area contributed by atoms with E-state index in [1.165, 1.54) is 0 Å². The van der Waals surface area contributed by atoms with E-state index in [9.17, 15) is 0 Å². The number of nitrogens with zero attached hydrogens (tertiary/aromatic N) is 2. The monoisotopic (exact) mass is 217 g/mol. The molecule has 2 aromatic rings. The SMILES string of the molecule is Cn1nccc1CNc1ccc(CO)cc1. The Morgan fingerprint density at radius 1 is 1.25 bits per heavy atom. The number of nitrogens with one attached hydrogen (secondary N) is 1. The fraction of sp³-hybridized carbons (Fsp3) is 0.250. The lowest BCUT2D eigenvalue weighted by molar-refractivity contribution is 0.282. The maximum Gasteiger partial charge on any atom is 0.0681 e. The summed E-state index contributed by atoms with van der Waals surface area (Å²) >= 11 is 0. The molecule has 0 spiro atoms. The molecule has 16 heavy (non-hydrogen) atoms. The van der Waals surface area contributed by atoms with Gasteiger partial charge in [0.25, 0.3) is 0 Å². The van der Waals surface area contributed by atoms with Crippen LogP contribution < -0.4 is 5.32 Å². The van der Waals surface area contributed by atoms with Gasteiger partial charge in [-0.25, -0.2) is 0 Å². The standard InChI is InChI=1S/C12H15N3O/c1-15-12(6-7-14-15)8-13-11-4-2-10(9-16)3-5-11/h2-7,13,16H,8-9H2,1H3. The highest BCUT2D eigenvalue weighted by atomic mass is 16.3. The van der Waals surface area contributed by atoms with Gasteiger partial charge in [0.15, 0.2) is 0 Å². The fourth-order valence-corrected chi connectivity index (χ4v) is 1.50. The average Bonchev–Trinajstić information content (AvgIpc) is 2.73. The molecular weight excluding hydrogens is 202 g/mol. The predicted octanol–water partition coefficient (Wildman–Crippen LogP) is 1.52. The molecule has 2 N–H and O–H groups in total. The van der Waals surface area contributed by atoms with Crippen LogP contribution in [-0.2, 0) is 20.2 Å². The number of aromatic nitrogens is 2. The molecule has 0 aliphatic carbocycles. The summed E-state index contributed by atoms with van der Waals surface area (Å²) in [5, 5.41) is 16.3. The van der Waals surface area contributed by atoms with Gasteiger partial charge in [0.1, 0.15) is 0 Å². The van der Waals surface area contributed by atoms with Crippen LogP contribution in [0.25, 0.3) is 0 Å². The van der Waals surface area contributed by atoms with Gasteiger partial charge in [-0.15, -0.1) is 0 Å². The van der Waals surface area contributed by atoms with Crippen LogP contribution >= 0.6 is 0 Å². The molecule has 4 heteroatoms. The van der Waals surface area contributed by atoms with Gasteiger partial charge in [-0.3, -0.25) is 4.68 Å². The first-order valence-corrected chi connectivity index (χ1v) is 5.20. The molecule has 1 aromatic heterocycles. The van der Waals surface area contributed by atoms with Crippen molar-refractivity contribution >= 4 is 5.69 Å². The Kier molecular flexibility index (Phi) is 3.22. The van der Waals surface area contributed by atoms with Crippen molar-refractivity contribution in [3.05, 3.63) is 47.8 Å². The third-order valence-electron chi connectivity index (χ3n) is 2.53. The van der Waals surface area contributed by atoms with E-state index in [1.54, 1.807) is 6.20 Å². The summed E-state index contributed by atoms with van der Waals surface area (Å²) in [6, 6.07) is 9.72. The van der Waals surface area contributed by atoms with Gasteiger partial charge in [-0.05, 0) is 23.8 Å². The van der Waals surface area contributed by atoms with Crippen molar-refractivity contribution in [3.8, 4) is 0 Å². The molecule has 4 nitrogen and oxygen atoms in total. The second kappa shape index (κ2) is 4.81. The molecule has 0 unspecified atom stereocenters. The van der Waals surface area contributed by atoms with Crippen LogP contribution in [0.4, 0.5) is 5.69 Å². The third-order valence-corrected chi connectivity index (χ3v) is 2.53. The number of benzene rings is 1. The van der Waals surface area contributed by atoms with Crippen molar-refractivity contribution in [2.75, 3.05) is 5.32 Å². The zero-order valence-electron chi connectivity index (χ0n) is 9.22. The van der Waals surface area contributed by atoms with Crippen LogP contribution in [0.1, 0.15) is 11.3 Å². The molecule has 0 fully saturated rings. The normalized spacial score (nSPS) is 10.4. The van der Waals surface area contributed by atoms with E-state index in [0.717, 1.165) is 23.5 Å². The number of hydrogen-bond donors (Lipinski definition) is 2. The van der Waals surface area contributed by atoms with Crippen LogP contribution in [0, 0.1) is 0 Å². The summed E-state index contributed by atoms with van der Waals surface area (Å²) in [4.78, 5) is 0. The molecule has 0 amide bonds. The Hall–Kier alpha value is -1.81. The zero-order valence-corrected chi connectivity index (χ0v) is 9.22. The minimum atomic E-state index is 0.0853. The summed E-state index contributed by atoms with van der Waals surface area (Å²) in [6.45, 7) is 0.830. The molecule has 0 aliphatic heterocycles. The molecular formula is C12H15N3O. The van der Waals surface area contributed by atoms with Gasteiger partial charge in [0.05, 0.1) is 18.8 Å². The Morgan fingerprint density at radius 3 is 2.56 bits per heavy atom. The van der Waals surface area contributed by atoms with Crippen molar-refractivity contribution < 1.29 is 5.11 Å². The summed E-state index contributed by atoms with van der Waals surface area (Å²) in [7, 11) is 1.92. The predicted molar refractivity (Wildman–Crippen MR) is 62.9 cm³/mol. The van der Waals surface area contributed by atoms with E-state index >= 15 is 0 Å². The molecule has 0 saturated heterocycles. The van der Waals surface area contributed by atoms with Gasteiger partial charge in [0.2, 0.25) is 0 Å². The van der Waals surface area contributed by atoms with E-state index in [2.05, 4.69) is 10.4 Å². The highest BCUT2D eigenvalue weighted by Crippen LogP contribution is 2.10. The molecule has 0 radical (unpaired) electrons. The Bertz CT molecular complexity index is 448. The molecule has 1 heterocycles. The van der Waals surface area contributed by atoms with Crippen molar-refractivity contribution in [1.29, 1.82) is 0 Å². The van der Waals surface area contributed by atoms with Crippen LogP contribution in [0.15, 0.2) is 36.5 Å². The topological polar surface area (TPSA) is 50.1 Å². The smallest absolute Gasteiger partial charge is 0.0681 e. The Morgan fingerprint density at radius 2 is 2.00 bits per heavy atom. The third kappa shape index (κ3) is 2.41. The molecule has 0 saturated carbocycles. The highest BCUT2D eigenvalue weighted by molar-refractivity contribution is 5.44. The van der Waals surface area contributed by atoms with Gasteiger partial charge < -0.3 is 10.4 Å². The second-order valence-corrected chi connectivity index (χ2v) is 3.65. The van der Waals surface area contributed by atoms with Crippen LogP contribution in [-0.4, -0.2) is 14.9 Å². The first kappa shape index (κ1) is 10.7. The first-order valence-electron chi connectivity index (χ1n) is 5.20. The van der Waals surface area contributed by atoms with E-state index < -0.39 is 0 Å². The van der Waals surface area contributed by atoms with Crippen molar-refractivity contribution in [2.24, 2.45) is 7.05 Å². The summed E-state index contributed by atoms with van der Waals surface area (Å²) in [5.41, 5.74) is 3.09. The number of aryl methyl sites for hydroxylation is 1. The highest BCUT2D eigenvalue weighted by Gasteiger charge is 1.98. The zero-order chi connectivity index (χ0) is 11.4. The summed E-state index contributed by atoms with van der Waals surface area (Å²) in [6.07, 6.45) is 1.78. The molecule has 0 aliphatic rings. The van der Waals surface area contributed by atoms with Gasteiger partial charge in [-0.2, -0.15) is 5.10 Å². The molecule has 0 bridgehead atoms. The van der Waals surface area contributed by atoms with Crippen molar-refractivity contribution in [3.63, 3.8) is 0 Å². The number of rotatable bonds is 4. The Balaban J connectivity index is 1.97. The molecule has 2 rings (SSSR count).